The molecule has 1 aromatic heterocycles. The number of ether oxygens (including phenoxy) is 1. The summed E-state index contributed by atoms with van der Waals surface area (Å²) in [5, 5.41) is 5.73. The molecule has 0 unspecified atom stereocenters. The zero-order chi connectivity index (χ0) is 23.3. The predicted molar refractivity (Wildman–Crippen MR) is 118 cm³/mol. The minimum Gasteiger partial charge on any atom is -0.378 e. The maximum Gasteiger partial charge on any atom is 0.416 e. The molecule has 174 valence electrons. The molecule has 0 aliphatic carbocycles. The molecule has 1 amide bonds. The van der Waals surface area contributed by atoms with E-state index in [9.17, 15) is 18.0 Å². The third kappa shape index (κ3) is 6.26. The monoisotopic (exact) mass is 470 g/mol. The van der Waals surface area contributed by atoms with Crippen molar-refractivity contribution in [3.8, 4) is 0 Å². The first kappa shape index (κ1) is 24.1. The van der Waals surface area contributed by atoms with E-state index in [2.05, 4.69) is 20.5 Å². The van der Waals surface area contributed by atoms with Gasteiger partial charge in [0.1, 0.15) is 11.9 Å². The minimum absolute atomic E-state index is 0.0961. The number of hydrogen-bond acceptors (Lipinski definition) is 5. The molecule has 0 saturated carbocycles. The minimum atomic E-state index is -4.48. The van der Waals surface area contributed by atoms with Gasteiger partial charge in [0.2, 0.25) is 5.91 Å². The molecule has 1 aromatic carbocycles. The van der Waals surface area contributed by atoms with Crippen molar-refractivity contribution in [2.24, 2.45) is 5.92 Å². The van der Waals surface area contributed by atoms with E-state index >= 15 is 0 Å². The second-order valence-electron chi connectivity index (χ2n) is 7.90. The average molecular weight is 471 g/mol. The van der Waals surface area contributed by atoms with E-state index in [1.807, 2.05) is 26.0 Å². The van der Waals surface area contributed by atoms with E-state index in [1.54, 1.807) is 6.20 Å². The Morgan fingerprint density at radius 2 is 1.94 bits per heavy atom. The maximum atomic E-state index is 12.9. The number of benzene rings is 1. The summed E-state index contributed by atoms with van der Waals surface area (Å²) in [6.07, 6.45) is -2.77. The van der Waals surface area contributed by atoms with Crippen molar-refractivity contribution in [3.05, 3.63) is 52.7 Å². The van der Waals surface area contributed by atoms with Gasteiger partial charge in [-0.3, -0.25) is 4.79 Å². The fourth-order valence-corrected chi connectivity index (χ4v) is 3.55. The Labute approximate surface area is 190 Å². The molecule has 2 heterocycles. The van der Waals surface area contributed by atoms with Crippen LogP contribution < -0.4 is 15.5 Å². The van der Waals surface area contributed by atoms with E-state index in [-0.39, 0.29) is 29.1 Å². The van der Waals surface area contributed by atoms with Crippen LogP contribution in [0.25, 0.3) is 0 Å². The highest BCUT2D eigenvalue weighted by atomic mass is 35.5. The highest BCUT2D eigenvalue weighted by Crippen LogP contribution is 2.34. The van der Waals surface area contributed by atoms with Crippen molar-refractivity contribution in [1.82, 2.24) is 10.3 Å². The van der Waals surface area contributed by atoms with Gasteiger partial charge in [-0.25, -0.2) is 4.98 Å². The SMILES string of the molecule is CC(C)[C@H](Nc1ccc(C(F)(F)F)cc1Cl)C(=O)NCc1ccc(N2CCOCC2)nc1. The molecular weight excluding hydrogens is 445 g/mol. The molecule has 2 aromatic rings. The van der Waals surface area contributed by atoms with Crippen molar-refractivity contribution < 1.29 is 22.7 Å². The van der Waals surface area contributed by atoms with Crippen LogP contribution in [0.3, 0.4) is 0 Å². The van der Waals surface area contributed by atoms with Gasteiger partial charge in [0.15, 0.2) is 0 Å². The zero-order valence-electron chi connectivity index (χ0n) is 17.9. The van der Waals surface area contributed by atoms with Crippen LogP contribution in [0.5, 0.6) is 0 Å². The molecule has 1 atom stereocenters. The summed E-state index contributed by atoms with van der Waals surface area (Å²) in [5.74, 6) is 0.449. The van der Waals surface area contributed by atoms with E-state index in [0.717, 1.165) is 36.6 Å². The van der Waals surface area contributed by atoms with E-state index in [4.69, 9.17) is 16.3 Å². The number of rotatable bonds is 7. The van der Waals surface area contributed by atoms with Crippen LogP contribution in [0.4, 0.5) is 24.7 Å². The van der Waals surface area contributed by atoms with Gasteiger partial charge in [0.25, 0.3) is 0 Å². The molecule has 1 saturated heterocycles. The Morgan fingerprint density at radius 3 is 2.50 bits per heavy atom. The van der Waals surface area contributed by atoms with Crippen molar-refractivity contribution in [2.75, 3.05) is 36.5 Å². The van der Waals surface area contributed by atoms with E-state index < -0.39 is 17.8 Å². The van der Waals surface area contributed by atoms with Crippen LogP contribution in [0, 0.1) is 5.92 Å². The van der Waals surface area contributed by atoms with Crippen LogP contribution in [0.1, 0.15) is 25.0 Å². The Morgan fingerprint density at radius 1 is 1.22 bits per heavy atom. The first-order chi connectivity index (χ1) is 15.1. The van der Waals surface area contributed by atoms with Crippen molar-refractivity contribution in [1.29, 1.82) is 0 Å². The standard InChI is InChI=1S/C22H26ClF3N4O2/c1-14(2)20(29-18-5-4-16(11-17(18)23)22(24,25)26)21(31)28-13-15-3-6-19(27-12-15)30-7-9-32-10-8-30/h3-6,11-12,14,20,29H,7-10,13H2,1-2H3,(H,28,31)/t20-/m0/s1. The van der Waals surface area contributed by atoms with Gasteiger partial charge >= 0.3 is 6.18 Å². The molecule has 3 rings (SSSR count). The smallest absolute Gasteiger partial charge is 0.378 e. The molecule has 1 aliphatic heterocycles. The number of carbonyl (C=O) groups excluding carboxylic acids is 1. The molecule has 1 fully saturated rings. The number of morpholine rings is 1. The highest BCUT2D eigenvalue weighted by molar-refractivity contribution is 6.33. The lowest BCUT2D eigenvalue weighted by atomic mass is 10.0. The molecule has 0 radical (unpaired) electrons. The summed E-state index contributed by atoms with van der Waals surface area (Å²) < 4.78 is 43.9. The van der Waals surface area contributed by atoms with Crippen LogP contribution >= 0.6 is 11.6 Å². The number of hydrogen-bond donors (Lipinski definition) is 2. The number of halogens is 4. The summed E-state index contributed by atoms with van der Waals surface area (Å²) in [6.45, 7) is 6.88. The lowest BCUT2D eigenvalue weighted by molar-refractivity contribution is -0.137. The number of nitrogens with zero attached hydrogens (tertiary/aromatic N) is 2. The fourth-order valence-electron chi connectivity index (χ4n) is 3.31. The van der Waals surface area contributed by atoms with Crippen molar-refractivity contribution in [3.63, 3.8) is 0 Å². The molecular formula is C22H26ClF3N4O2. The Bertz CT molecular complexity index is 916. The molecule has 0 spiro atoms. The average Bonchev–Trinajstić information content (AvgIpc) is 2.76. The number of pyridine rings is 1. The number of amides is 1. The number of carbonyl (C=O) groups is 1. The topological polar surface area (TPSA) is 66.5 Å². The summed E-state index contributed by atoms with van der Waals surface area (Å²) >= 11 is 6.03. The van der Waals surface area contributed by atoms with Gasteiger partial charge < -0.3 is 20.3 Å². The summed E-state index contributed by atoms with van der Waals surface area (Å²) in [7, 11) is 0. The first-order valence-corrected chi connectivity index (χ1v) is 10.7. The van der Waals surface area contributed by atoms with E-state index in [1.165, 1.54) is 6.07 Å². The first-order valence-electron chi connectivity index (χ1n) is 10.3. The second kappa shape index (κ2) is 10.4. The highest BCUT2D eigenvalue weighted by Gasteiger charge is 2.31. The summed E-state index contributed by atoms with van der Waals surface area (Å²) in [4.78, 5) is 19.4. The Hall–Kier alpha value is -2.52. The van der Waals surface area contributed by atoms with Gasteiger partial charge in [0, 0.05) is 25.8 Å². The largest absolute Gasteiger partial charge is 0.416 e. The molecule has 1 aliphatic rings. The maximum absolute atomic E-state index is 12.9. The lowest BCUT2D eigenvalue weighted by Crippen LogP contribution is -2.42. The molecule has 10 heteroatoms. The van der Waals surface area contributed by atoms with Gasteiger partial charge in [-0.05, 0) is 35.7 Å². The lowest BCUT2D eigenvalue weighted by Gasteiger charge is -2.27. The second-order valence-corrected chi connectivity index (χ2v) is 8.31. The summed E-state index contributed by atoms with van der Waals surface area (Å²) in [5.41, 5.74) is 0.266. The van der Waals surface area contributed by atoms with Crippen LogP contribution in [0.15, 0.2) is 36.5 Å². The van der Waals surface area contributed by atoms with Gasteiger partial charge in [-0.2, -0.15) is 13.2 Å². The third-order valence-electron chi connectivity index (χ3n) is 5.17. The number of anilines is 2. The molecule has 0 bridgehead atoms. The van der Waals surface area contributed by atoms with Gasteiger partial charge in [-0.15, -0.1) is 0 Å². The normalized spacial score (nSPS) is 15.5. The zero-order valence-corrected chi connectivity index (χ0v) is 18.6. The van der Waals surface area contributed by atoms with Crippen molar-refractivity contribution >= 4 is 29.0 Å². The number of alkyl halides is 3. The Balaban J connectivity index is 1.60. The summed E-state index contributed by atoms with van der Waals surface area (Å²) in [6, 6.07) is 6.16. The van der Waals surface area contributed by atoms with Crippen LogP contribution in [-0.4, -0.2) is 43.2 Å². The van der Waals surface area contributed by atoms with E-state index in [0.29, 0.717) is 13.2 Å². The Kier molecular flexibility index (Phi) is 7.84. The molecule has 2 N–H and O–H groups in total. The fraction of sp³-hybridized carbons (Fsp3) is 0.455. The van der Waals surface area contributed by atoms with Gasteiger partial charge in [-0.1, -0.05) is 31.5 Å². The van der Waals surface area contributed by atoms with Crippen LogP contribution in [0.2, 0.25) is 5.02 Å². The molecule has 32 heavy (non-hydrogen) atoms. The van der Waals surface area contributed by atoms with Crippen LogP contribution in [-0.2, 0) is 22.3 Å². The number of nitrogens with one attached hydrogen (secondary N) is 2. The number of aromatic nitrogens is 1. The third-order valence-corrected chi connectivity index (χ3v) is 5.48. The quantitative estimate of drug-likeness (QED) is 0.630. The predicted octanol–water partition coefficient (Wildman–Crippen LogP) is 4.34. The molecule has 6 nitrogen and oxygen atoms in total. The van der Waals surface area contributed by atoms with Crippen molar-refractivity contribution in [2.45, 2.75) is 32.6 Å². The van der Waals surface area contributed by atoms with Gasteiger partial charge in [0.05, 0.1) is 29.5 Å².